The van der Waals surface area contributed by atoms with Crippen LogP contribution in [0.25, 0.3) is 0 Å². The molecule has 0 radical (unpaired) electrons. The lowest BCUT2D eigenvalue weighted by atomic mass is 10.0. The van der Waals surface area contributed by atoms with Gasteiger partial charge in [-0.25, -0.2) is 8.42 Å². The van der Waals surface area contributed by atoms with Crippen LogP contribution in [0.5, 0.6) is 0 Å². The molecule has 1 fully saturated rings. The molecule has 1 N–H and O–H groups in total. The number of hydrogen-bond donors (Lipinski definition) is 1. The largest absolute Gasteiger partial charge is 0.352 e. The van der Waals surface area contributed by atoms with Crippen molar-refractivity contribution < 1.29 is 13.2 Å². The average molecular weight is 360 g/mol. The fourth-order valence-corrected chi connectivity index (χ4v) is 4.50. The van der Waals surface area contributed by atoms with E-state index in [0.29, 0.717) is 11.8 Å². The molecule has 0 spiro atoms. The molecule has 0 bridgehead atoms. The van der Waals surface area contributed by atoms with Crippen LogP contribution in [0, 0.1) is 5.92 Å². The quantitative estimate of drug-likeness (QED) is 0.811. The Hall–Kier alpha value is -0.880. The van der Waals surface area contributed by atoms with Gasteiger partial charge in [0.15, 0.2) is 9.84 Å². The molecular weight excluding hydrogens is 342 g/mol. The summed E-state index contributed by atoms with van der Waals surface area (Å²) in [5.74, 6) is -0.425. The van der Waals surface area contributed by atoms with Crippen LogP contribution < -0.4 is 5.32 Å². The van der Waals surface area contributed by atoms with Crippen LogP contribution in [-0.4, -0.2) is 37.2 Å². The molecule has 1 aromatic carbocycles. The molecule has 0 aromatic heterocycles. The predicted octanol–water partition coefficient (Wildman–Crippen LogP) is 1.54. The lowest BCUT2D eigenvalue weighted by Crippen LogP contribution is -2.41. The summed E-state index contributed by atoms with van der Waals surface area (Å²) >= 11 is 3.40. The van der Waals surface area contributed by atoms with Crippen molar-refractivity contribution in [2.24, 2.45) is 5.92 Å². The van der Waals surface area contributed by atoms with Gasteiger partial charge in [-0.1, -0.05) is 46.3 Å². The highest BCUT2D eigenvalue weighted by molar-refractivity contribution is 9.09. The summed E-state index contributed by atoms with van der Waals surface area (Å²) < 4.78 is 22.8. The van der Waals surface area contributed by atoms with Gasteiger partial charge >= 0.3 is 0 Å². The first-order valence-electron chi connectivity index (χ1n) is 6.61. The van der Waals surface area contributed by atoms with E-state index in [2.05, 4.69) is 21.2 Å². The van der Waals surface area contributed by atoms with E-state index in [1.54, 1.807) is 0 Å². The summed E-state index contributed by atoms with van der Waals surface area (Å²) in [5, 5.41) is 3.59. The van der Waals surface area contributed by atoms with Gasteiger partial charge in [0, 0.05) is 11.4 Å². The zero-order valence-electron chi connectivity index (χ0n) is 11.1. The van der Waals surface area contributed by atoms with E-state index in [0.717, 1.165) is 12.0 Å². The Morgan fingerprint density at radius 3 is 2.60 bits per heavy atom. The number of sulfone groups is 1. The third-order valence-electron chi connectivity index (χ3n) is 3.46. The number of halogens is 1. The number of rotatable bonds is 5. The Balaban J connectivity index is 1.92. The topological polar surface area (TPSA) is 63.2 Å². The third kappa shape index (κ3) is 4.31. The highest BCUT2D eigenvalue weighted by Crippen LogP contribution is 2.19. The van der Waals surface area contributed by atoms with Crippen molar-refractivity contribution in [3.8, 4) is 0 Å². The number of carbonyl (C=O) groups excluding carboxylic acids is 1. The number of benzene rings is 1. The van der Waals surface area contributed by atoms with Crippen molar-refractivity contribution in [2.75, 3.05) is 16.8 Å². The van der Waals surface area contributed by atoms with Crippen LogP contribution in [0.15, 0.2) is 30.3 Å². The highest BCUT2D eigenvalue weighted by atomic mass is 79.9. The SMILES string of the molecule is O=C(NC(CBr)Cc1ccccc1)C1CCS(=O)(=O)C1. The summed E-state index contributed by atoms with van der Waals surface area (Å²) in [4.78, 5) is 12.1. The molecule has 1 amide bonds. The molecule has 2 atom stereocenters. The summed E-state index contributed by atoms with van der Waals surface area (Å²) in [6, 6.07) is 9.89. The number of amides is 1. The Morgan fingerprint density at radius 2 is 2.05 bits per heavy atom. The lowest BCUT2D eigenvalue weighted by molar-refractivity contribution is -0.124. The minimum atomic E-state index is -3.01. The van der Waals surface area contributed by atoms with Gasteiger partial charge in [-0.15, -0.1) is 0 Å². The maximum absolute atomic E-state index is 12.1. The Kier molecular flexibility index (Phi) is 5.21. The molecule has 4 nitrogen and oxygen atoms in total. The maximum atomic E-state index is 12.1. The lowest BCUT2D eigenvalue weighted by Gasteiger charge is -2.18. The summed E-state index contributed by atoms with van der Waals surface area (Å²) in [5.41, 5.74) is 1.15. The Labute approximate surface area is 128 Å². The van der Waals surface area contributed by atoms with Crippen LogP contribution in [0.4, 0.5) is 0 Å². The first-order chi connectivity index (χ1) is 9.50. The second-order valence-electron chi connectivity index (χ2n) is 5.15. The van der Waals surface area contributed by atoms with Gasteiger partial charge in [-0.05, 0) is 18.4 Å². The van der Waals surface area contributed by atoms with Crippen molar-refractivity contribution in [1.29, 1.82) is 0 Å². The molecule has 110 valence electrons. The minimum Gasteiger partial charge on any atom is -0.352 e. The van der Waals surface area contributed by atoms with Gasteiger partial charge in [0.2, 0.25) is 5.91 Å². The van der Waals surface area contributed by atoms with Crippen LogP contribution >= 0.6 is 15.9 Å². The van der Waals surface area contributed by atoms with Gasteiger partial charge in [0.05, 0.1) is 17.4 Å². The van der Waals surface area contributed by atoms with Gasteiger partial charge in [0.1, 0.15) is 0 Å². The molecule has 6 heteroatoms. The summed E-state index contributed by atoms with van der Waals surface area (Å²) in [6.45, 7) is 0. The maximum Gasteiger partial charge on any atom is 0.224 e. The van der Waals surface area contributed by atoms with E-state index < -0.39 is 15.8 Å². The second kappa shape index (κ2) is 6.72. The zero-order valence-corrected chi connectivity index (χ0v) is 13.5. The third-order valence-corrected chi connectivity index (χ3v) is 6.01. The molecule has 1 aliphatic rings. The van der Waals surface area contributed by atoms with Gasteiger partial charge in [-0.2, -0.15) is 0 Å². The number of nitrogens with one attached hydrogen (secondary N) is 1. The molecular formula is C14H18BrNO3S. The zero-order chi connectivity index (χ0) is 14.6. The highest BCUT2D eigenvalue weighted by Gasteiger charge is 2.33. The Bertz CT molecular complexity index is 559. The predicted molar refractivity (Wildman–Crippen MR) is 82.6 cm³/mol. The first-order valence-corrected chi connectivity index (χ1v) is 9.55. The van der Waals surface area contributed by atoms with Gasteiger partial charge < -0.3 is 5.32 Å². The summed E-state index contributed by atoms with van der Waals surface area (Å²) in [7, 11) is -3.01. The molecule has 0 saturated carbocycles. The Morgan fingerprint density at radius 1 is 1.35 bits per heavy atom. The molecule has 1 heterocycles. The van der Waals surface area contributed by atoms with Crippen molar-refractivity contribution in [3.05, 3.63) is 35.9 Å². The molecule has 0 aliphatic carbocycles. The van der Waals surface area contributed by atoms with Crippen LogP contribution in [0.3, 0.4) is 0 Å². The van der Waals surface area contributed by atoms with Crippen LogP contribution in [0.2, 0.25) is 0 Å². The molecule has 2 rings (SSSR count). The first kappa shape index (κ1) is 15.5. The standard InChI is InChI=1S/C14H18BrNO3S/c15-9-13(8-11-4-2-1-3-5-11)16-14(17)12-6-7-20(18,19)10-12/h1-5,12-13H,6-10H2,(H,16,17). The number of alkyl halides is 1. The van der Waals surface area contributed by atoms with E-state index in [4.69, 9.17) is 0 Å². The van der Waals surface area contributed by atoms with Crippen molar-refractivity contribution in [3.63, 3.8) is 0 Å². The number of hydrogen-bond acceptors (Lipinski definition) is 3. The monoisotopic (exact) mass is 359 g/mol. The molecule has 20 heavy (non-hydrogen) atoms. The van der Waals surface area contributed by atoms with Crippen molar-refractivity contribution in [2.45, 2.75) is 18.9 Å². The molecule has 1 saturated heterocycles. The molecule has 1 aliphatic heterocycles. The molecule has 2 unspecified atom stereocenters. The summed E-state index contributed by atoms with van der Waals surface area (Å²) in [6.07, 6.45) is 1.17. The van der Waals surface area contributed by atoms with Crippen molar-refractivity contribution >= 4 is 31.7 Å². The van der Waals surface area contributed by atoms with Crippen molar-refractivity contribution in [1.82, 2.24) is 5.32 Å². The normalized spacial score (nSPS) is 22.4. The second-order valence-corrected chi connectivity index (χ2v) is 8.03. The van der Waals surface area contributed by atoms with Crippen LogP contribution in [0.1, 0.15) is 12.0 Å². The average Bonchev–Trinajstić information content (AvgIpc) is 2.79. The van der Waals surface area contributed by atoms with E-state index >= 15 is 0 Å². The van der Waals surface area contributed by atoms with E-state index in [9.17, 15) is 13.2 Å². The smallest absolute Gasteiger partial charge is 0.224 e. The van der Waals surface area contributed by atoms with E-state index in [1.165, 1.54) is 0 Å². The fraction of sp³-hybridized carbons (Fsp3) is 0.500. The minimum absolute atomic E-state index is 0.0147. The number of carbonyl (C=O) groups is 1. The fourth-order valence-electron chi connectivity index (χ4n) is 2.36. The van der Waals surface area contributed by atoms with Gasteiger partial charge in [-0.3, -0.25) is 4.79 Å². The van der Waals surface area contributed by atoms with E-state index in [-0.39, 0.29) is 23.5 Å². The van der Waals surface area contributed by atoms with E-state index in [1.807, 2.05) is 30.3 Å². The van der Waals surface area contributed by atoms with Crippen LogP contribution in [-0.2, 0) is 21.1 Å². The van der Waals surface area contributed by atoms with Gasteiger partial charge in [0.25, 0.3) is 0 Å². The molecule has 1 aromatic rings.